The number of benzene rings is 2. The fourth-order valence-electron chi connectivity index (χ4n) is 3.32. The fourth-order valence-corrected chi connectivity index (χ4v) is 3.32. The van der Waals surface area contributed by atoms with Crippen LogP contribution < -0.4 is 10.1 Å². The zero-order valence-electron chi connectivity index (χ0n) is 17.6. The Bertz CT molecular complexity index is 795. The molecule has 0 aromatic heterocycles. The highest BCUT2D eigenvalue weighted by molar-refractivity contribution is 14.0. The van der Waals surface area contributed by atoms with Crippen LogP contribution in [0.15, 0.2) is 53.5 Å². The van der Waals surface area contributed by atoms with Crippen LogP contribution in [0.4, 0.5) is 4.39 Å². The van der Waals surface area contributed by atoms with E-state index in [0.717, 1.165) is 55.6 Å². The molecule has 0 radical (unpaired) electrons. The molecule has 0 spiro atoms. The van der Waals surface area contributed by atoms with Gasteiger partial charge in [-0.2, -0.15) is 0 Å². The average Bonchev–Trinajstić information content (AvgIpc) is 3.23. The van der Waals surface area contributed by atoms with Crippen molar-refractivity contribution in [3.63, 3.8) is 0 Å². The summed E-state index contributed by atoms with van der Waals surface area (Å²) in [6, 6.07) is 14.3. The molecule has 5 nitrogen and oxygen atoms in total. The van der Waals surface area contributed by atoms with Crippen LogP contribution in [-0.2, 0) is 17.9 Å². The van der Waals surface area contributed by atoms with Crippen molar-refractivity contribution in [3.8, 4) is 5.75 Å². The Kier molecular flexibility index (Phi) is 10.4. The van der Waals surface area contributed by atoms with E-state index < -0.39 is 0 Å². The van der Waals surface area contributed by atoms with E-state index in [9.17, 15) is 4.39 Å². The molecular formula is C23H31FIN3O2. The minimum atomic E-state index is -0.249. The highest BCUT2D eigenvalue weighted by Crippen LogP contribution is 2.16. The summed E-state index contributed by atoms with van der Waals surface area (Å²) in [5.41, 5.74) is 1.92. The molecule has 2 aromatic carbocycles. The largest absolute Gasteiger partial charge is 0.489 e. The number of nitrogens with zero attached hydrogens (tertiary/aromatic N) is 2. The quantitative estimate of drug-likeness (QED) is 0.313. The molecule has 0 aliphatic carbocycles. The highest BCUT2D eigenvalue weighted by atomic mass is 127. The predicted octanol–water partition coefficient (Wildman–Crippen LogP) is 4.46. The van der Waals surface area contributed by atoms with Crippen LogP contribution >= 0.6 is 24.0 Å². The molecule has 1 atom stereocenters. The van der Waals surface area contributed by atoms with Crippen LogP contribution in [0.1, 0.15) is 24.5 Å². The van der Waals surface area contributed by atoms with Crippen molar-refractivity contribution >= 4 is 29.9 Å². The van der Waals surface area contributed by atoms with Gasteiger partial charge in [-0.05, 0) is 48.7 Å². The maximum absolute atomic E-state index is 13.2. The molecule has 0 amide bonds. The third-order valence-corrected chi connectivity index (χ3v) is 4.88. The molecule has 0 bridgehead atoms. The molecule has 30 heavy (non-hydrogen) atoms. The van der Waals surface area contributed by atoms with Crippen molar-refractivity contribution in [2.75, 3.05) is 33.4 Å². The van der Waals surface area contributed by atoms with E-state index in [1.807, 2.05) is 30.3 Å². The van der Waals surface area contributed by atoms with Crippen LogP contribution in [0.2, 0.25) is 0 Å². The summed E-state index contributed by atoms with van der Waals surface area (Å²) >= 11 is 0. The third-order valence-electron chi connectivity index (χ3n) is 4.88. The Morgan fingerprint density at radius 1 is 1.23 bits per heavy atom. The Morgan fingerprint density at radius 2 is 2.03 bits per heavy atom. The molecule has 1 N–H and O–H groups in total. The standard InChI is InChI=1S/C23H30FN3O2.HI/c1-3-25-23(27(2)15-20-11-12-28-16-20)26-14-18-7-9-22(10-8-18)29-17-19-5-4-6-21(24)13-19;/h4-10,13,20H,3,11-12,14-17H2,1-2H3,(H,25,26);1H. The van der Waals surface area contributed by atoms with Gasteiger partial charge >= 0.3 is 0 Å². The summed E-state index contributed by atoms with van der Waals surface area (Å²) in [6.45, 7) is 6.48. The molecule has 2 aromatic rings. The van der Waals surface area contributed by atoms with Gasteiger partial charge in [-0.1, -0.05) is 24.3 Å². The highest BCUT2D eigenvalue weighted by Gasteiger charge is 2.19. The van der Waals surface area contributed by atoms with E-state index in [1.54, 1.807) is 6.07 Å². The van der Waals surface area contributed by atoms with E-state index in [2.05, 4.69) is 24.2 Å². The van der Waals surface area contributed by atoms with Crippen molar-refractivity contribution in [1.82, 2.24) is 10.2 Å². The first-order valence-electron chi connectivity index (χ1n) is 10.2. The molecule has 1 heterocycles. The Labute approximate surface area is 195 Å². The lowest BCUT2D eigenvalue weighted by molar-refractivity contribution is 0.181. The van der Waals surface area contributed by atoms with Crippen molar-refractivity contribution in [2.24, 2.45) is 10.9 Å². The van der Waals surface area contributed by atoms with E-state index in [0.29, 0.717) is 19.1 Å². The van der Waals surface area contributed by atoms with E-state index in [1.165, 1.54) is 12.1 Å². The Morgan fingerprint density at radius 3 is 2.70 bits per heavy atom. The molecule has 1 aliphatic rings. The summed E-state index contributed by atoms with van der Waals surface area (Å²) in [5.74, 6) is 1.98. The summed E-state index contributed by atoms with van der Waals surface area (Å²) in [6.07, 6.45) is 1.11. The normalized spacial score (nSPS) is 16.1. The number of rotatable bonds is 8. The molecule has 1 fully saturated rings. The van der Waals surface area contributed by atoms with Gasteiger partial charge in [0, 0.05) is 32.7 Å². The number of guanidine groups is 1. The minimum Gasteiger partial charge on any atom is -0.489 e. The number of aliphatic imine (C=N–C) groups is 1. The Hall–Kier alpha value is -1.87. The van der Waals surface area contributed by atoms with Crippen molar-refractivity contribution in [2.45, 2.75) is 26.5 Å². The lowest BCUT2D eigenvalue weighted by atomic mass is 10.1. The second-order valence-corrected chi connectivity index (χ2v) is 7.34. The molecule has 1 saturated heterocycles. The summed E-state index contributed by atoms with van der Waals surface area (Å²) in [4.78, 5) is 6.95. The number of halogens is 2. The summed E-state index contributed by atoms with van der Waals surface area (Å²) < 4.78 is 24.5. The summed E-state index contributed by atoms with van der Waals surface area (Å²) in [5, 5.41) is 3.36. The van der Waals surface area contributed by atoms with Crippen molar-refractivity contribution in [3.05, 3.63) is 65.5 Å². The fraction of sp³-hybridized carbons (Fsp3) is 0.435. The molecular weight excluding hydrogens is 496 g/mol. The lowest BCUT2D eigenvalue weighted by Crippen LogP contribution is -2.41. The molecule has 3 rings (SSSR count). The van der Waals surface area contributed by atoms with Crippen LogP contribution in [0.25, 0.3) is 0 Å². The zero-order chi connectivity index (χ0) is 20.5. The monoisotopic (exact) mass is 527 g/mol. The van der Waals surface area contributed by atoms with Gasteiger partial charge in [0.25, 0.3) is 0 Å². The predicted molar refractivity (Wildman–Crippen MR) is 129 cm³/mol. The van der Waals surface area contributed by atoms with Gasteiger partial charge in [0.1, 0.15) is 18.2 Å². The number of hydrogen-bond acceptors (Lipinski definition) is 3. The number of hydrogen-bond donors (Lipinski definition) is 1. The van der Waals surface area contributed by atoms with E-state index in [-0.39, 0.29) is 29.8 Å². The zero-order valence-corrected chi connectivity index (χ0v) is 20.0. The van der Waals surface area contributed by atoms with Crippen LogP contribution in [0, 0.1) is 11.7 Å². The second kappa shape index (κ2) is 12.7. The van der Waals surface area contributed by atoms with Crippen LogP contribution in [0.5, 0.6) is 5.75 Å². The average molecular weight is 527 g/mol. The van der Waals surface area contributed by atoms with E-state index >= 15 is 0 Å². The molecule has 7 heteroatoms. The lowest BCUT2D eigenvalue weighted by Gasteiger charge is -2.24. The molecule has 164 valence electrons. The first kappa shape index (κ1) is 24.4. The van der Waals surface area contributed by atoms with Crippen LogP contribution in [0.3, 0.4) is 0 Å². The topological polar surface area (TPSA) is 46.1 Å². The van der Waals surface area contributed by atoms with Gasteiger partial charge in [0.2, 0.25) is 0 Å². The van der Waals surface area contributed by atoms with Crippen LogP contribution in [-0.4, -0.2) is 44.2 Å². The molecule has 1 aliphatic heterocycles. The molecule has 0 saturated carbocycles. The number of ether oxygens (including phenoxy) is 2. The van der Waals surface area contributed by atoms with Gasteiger partial charge in [-0.15, -0.1) is 24.0 Å². The minimum absolute atomic E-state index is 0. The first-order chi connectivity index (χ1) is 14.1. The van der Waals surface area contributed by atoms with Crippen molar-refractivity contribution < 1.29 is 13.9 Å². The Balaban J connectivity index is 0.00000320. The molecule has 1 unspecified atom stereocenters. The van der Waals surface area contributed by atoms with E-state index in [4.69, 9.17) is 14.5 Å². The maximum atomic E-state index is 13.2. The van der Waals surface area contributed by atoms with Gasteiger partial charge in [-0.3, -0.25) is 0 Å². The summed E-state index contributed by atoms with van der Waals surface area (Å²) in [7, 11) is 2.07. The smallest absolute Gasteiger partial charge is 0.193 e. The van der Waals surface area contributed by atoms with Gasteiger partial charge in [0.15, 0.2) is 5.96 Å². The van der Waals surface area contributed by atoms with Gasteiger partial charge in [-0.25, -0.2) is 9.38 Å². The van der Waals surface area contributed by atoms with Gasteiger partial charge in [0.05, 0.1) is 13.2 Å². The number of nitrogens with one attached hydrogen (secondary N) is 1. The second-order valence-electron chi connectivity index (χ2n) is 7.34. The third kappa shape index (κ3) is 7.75. The SMILES string of the molecule is CCNC(=NCc1ccc(OCc2cccc(F)c2)cc1)N(C)CC1CCOC1.I. The maximum Gasteiger partial charge on any atom is 0.193 e. The first-order valence-corrected chi connectivity index (χ1v) is 10.2. The van der Waals surface area contributed by atoms with Crippen molar-refractivity contribution in [1.29, 1.82) is 0 Å². The van der Waals surface area contributed by atoms with Gasteiger partial charge < -0.3 is 19.7 Å².